The molecule has 0 aliphatic rings. The van der Waals surface area contributed by atoms with E-state index < -0.39 is 0 Å². The van der Waals surface area contributed by atoms with Gasteiger partial charge >= 0.3 is 0 Å². The lowest BCUT2D eigenvalue weighted by Gasteiger charge is -2.02. The second kappa shape index (κ2) is 2.63. The van der Waals surface area contributed by atoms with Crippen LogP contribution in [0.25, 0.3) is 0 Å². The van der Waals surface area contributed by atoms with Crippen LogP contribution in [0.3, 0.4) is 0 Å². The Morgan fingerprint density at radius 1 is 1.36 bits per heavy atom. The quantitative estimate of drug-likeness (QED) is 0.608. The minimum absolute atomic E-state index is 0.226. The first-order valence-electron chi connectivity index (χ1n) is 3.36. The molecule has 0 amide bonds. The highest BCUT2D eigenvalue weighted by Gasteiger charge is 2.03. The zero-order chi connectivity index (χ0) is 8.43. The molecule has 0 fully saturated rings. The van der Waals surface area contributed by atoms with Gasteiger partial charge in [0.2, 0.25) is 0 Å². The van der Waals surface area contributed by atoms with Gasteiger partial charge in [-0.25, -0.2) is 0 Å². The first kappa shape index (κ1) is 7.62. The Morgan fingerprint density at radius 2 is 2.00 bits per heavy atom. The van der Waals surface area contributed by atoms with E-state index in [1.165, 1.54) is 0 Å². The molecule has 0 unspecified atom stereocenters. The maximum absolute atomic E-state index is 9.37. The monoisotopic (exact) mass is 147 g/mol. The van der Waals surface area contributed by atoms with Gasteiger partial charge in [0.05, 0.1) is 11.6 Å². The van der Waals surface area contributed by atoms with Crippen LogP contribution in [0.5, 0.6) is 5.75 Å². The Morgan fingerprint density at radius 3 is 2.55 bits per heavy atom. The zero-order valence-electron chi connectivity index (χ0n) is 6.55. The Kier molecular flexibility index (Phi) is 1.82. The van der Waals surface area contributed by atoms with Gasteiger partial charge in [-0.3, -0.25) is 0 Å². The summed E-state index contributed by atoms with van der Waals surface area (Å²) >= 11 is 0. The first-order valence-corrected chi connectivity index (χ1v) is 3.36. The lowest BCUT2D eigenvalue weighted by Crippen LogP contribution is -1.84. The average Bonchev–Trinajstić information content (AvgIpc) is 2.01. The van der Waals surface area contributed by atoms with Gasteiger partial charge in [0, 0.05) is 5.56 Å². The second-order valence-corrected chi connectivity index (χ2v) is 2.52. The van der Waals surface area contributed by atoms with Crippen molar-refractivity contribution in [2.45, 2.75) is 13.8 Å². The summed E-state index contributed by atoms with van der Waals surface area (Å²) in [7, 11) is 0. The topological polar surface area (TPSA) is 44.0 Å². The number of phenolic OH excluding ortho intramolecular Hbond substituents is 1. The van der Waals surface area contributed by atoms with Gasteiger partial charge in [-0.15, -0.1) is 0 Å². The van der Waals surface area contributed by atoms with Crippen LogP contribution >= 0.6 is 0 Å². The van der Waals surface area contributed by atoms with Crippen molar-refractivity contribution in [3.8, 4) is 11.8 Å². The number of benzene rings is 1. The van der Waals surface area contributed by atoms with Crippen molar-refractivity contribution in [2.75, 3.05) is 0 Å². The molecule has 0 radical (unpaired) electrons. The van der Waals surface area contributed by atoms with Crippen molar-refractivity contribution in [1.29, 1.82) is 5.26 Å². The van der Waals surface area contributed by atoms with Crippen molar-refractivity contribution in [3.63, 3.8) is 0 Å². The summed E-state index contributed by atoms with van der Waals surface area (Å²) < 4.78 is 0. The summed E-state index contributed by atoms with van der Waals surface area (Å²) in [5.74, 6) is 0.226. The van der Waals surface area contributed by atoms with Gasteiger partial charge in [0.25, 0.3) is 0 Å². The molecule has 0 bridgehead atoms. The third-order valence-electron chi connectivity index (χ3n) is 1.75. The van der Waals surface area contributed by atoms with Crippen LogP contribution in [0.1, 0.15) is 16.7 Å². The number of nitriles is 1. The molecular weight excluding hydrogens is 138 g/mol. The van der Waals surface area contributed by atoms with E-state index in [0.29, 0.717) is 11.1 Å². The molecule has 1 rings (SSSR count). The number of nitrogens with zero attached hydrogens (tertiary/aromatic N) is 1. The van der Waals surface area contributed by atoms with Crippen molar-refractivity contribution >= 4 is 0 Å². The highest BCUT2D eigenvalue weighted by molar-refractivity contribution is 5.48. The SMILES string of the molecule is Cc1ccc(C#N)c(C)c1O. The first-order chi connectivity index (χ1) is 5.16. The Bertz CT molecular complexity index is 323. The normalized spacial score (nSPS) is 9.18. The number of rotatable bonds is 0. The highest BCUT2D eigenvalue weighted by atomic mass is 16.3. The average molecular weight is 147 g/mol. The van der Waals surface area contributed by atoms with E-state index in [0.717, 1.165) is 5.56 Å². The predicted molar refractivity (Wildman–Crippen MR) is 42.3 cm³/mol. The third kappa shape index (κ3) is 1.18. The number of phenols is 1. The van der Waals surface area contributed by atoms with Crippen molar-refractivity contribution in [2.24, 2.45) is 0 Å². The van der Waals surface area contributed by atoms with Crippen LogP contribution in [0.4, 0.5) is 0 Å². The summed E-state index contributed by atoms with van der Waals surface area (Å²) in [4.78, 5) is 0. The number of hydrogen-bond acceptors (Lipinski definition) is 2. The Labute approximate surface area is 65.7 Å². The summed E-state index contributed by atoms with van der Waals surface area (Å²) in [6, 6.07) is 5.45. The summed E-state index contributed by atoms with van der Waals surface area (Å²) in [6.07, 6.45) is 0. The van der Waals surface area contributed by atoms with Crippen molar-refractivity contribution < 1.29 is 5.11 Å². The zero-order valence-corrected chi connectivity index (χ0v) is 6.55. The molecule has 56 valence electrons. The molecule has 0 aliphatic heterocycles. The standard InChI is InChI=1S/C9H9NO/c1-6-3-4-8(5-10)7(2)9(6)11/h3-4,11H,1-2H3. The lowest BCUT2D eigenvalue weighted by molar-refractivity contribution is 0.466. The fourth-order valence-electron chi connectivity index (χ4n) is 0.957. The third-order valence-corrected chi connectivity index (χ3v) is 1.75. The van der Waals surface area contributed by atoms with Crippen molar-refractivity contribution in [1.82, 2.24) is 0 Å². The van der Waals surface area contributed by atoms with E-state index in [2.05, 4.69) is 0 Å². The van der Waals surface area contributed by atoms with Gasteiger partial charge in [0.1, 0.15) is 5.75 Å². The molecule has 2 heteroatoms. The molecule has 2 nitrogen and oxygen atoms in total. The van der Waals surface area contributed by atoms with Crippen molar-refractivity contribution in [3.05, 3.63) is 28.8 Å². The smallest absolute Gasteiger partial charge is 0.122 e. The predicted octanol–water partition coefficient (Wildman–Crippen LogP) is 1.88. The highest BCUT2D eigenvalue weighted by Crippen LogP contribution is 2.23. The fraction of sp³-hybridized carbons (Fsp3) is 0.222. The summed E-state index contributed by atoms with van der Waals surface area (Å²) in [5.41, 5.74) is 2.00. The molecule has 0 aliphatic carbocycles. The molecular formula is C9H9NO. The van der Waals surface area contributed by atoms with Gasteiger partial charge in [-0.05, 0) is 25.5 Å². The van der Waals surface area contributed by atoms with E-state index in [1.54, 1.807) is 19.1 Å². The molecule has 1 aromatic rings. The maximum atomic E-state index is 9.37. The molecule has 0 spiro atoms. The molecule has 1 N–H and O–H groups in total. The molecule has 0 aromatic heterocycles. The molecule has 0 heterocycles. The second-order valence-electron chi connectivity index (χ2n) is 2.52. The molecule has 11 heavy (non-hydrogen) atoms. The van der Waals surface area contributed by atoms with Crippen LogP contribution in [0.2, 0.25) is 0 Å². The van der Waals surface area contributed by atoms with Crippen LogP contribution < -0.4 is 0 Å². The van der Waals surface area contributed by atoms with Gasteiger partial charge in [-0.2, -0.15) is 5.26 Å². The van der Waals surface area contributed by atoms with E-state index in [1.807, 2.05) is 13.0 Å². The van der Waals surface area contributed by atoms with E-state index in [-0.39, 0.29) is 5.75 Å². The van der Waals surface area contributed by atoms with E-state index in [4.69, 9.17) is 5.26 Å². The fourth-order valence-corrected chi connectivity index (χ4v) is 0.957. The number of hydrogen-bond donors (Lipinski definition) is 1. The van der Waals surface area contributed by atoms with Gasteiger partial charge in [-0.1, -0.05) is 6.07 Å². The Hall–Kier alpha value is -1.49. The molecule has 0 saturated carbocycles. The van der Waals surface area contributed by atoms with Crippen LogP contribution in [-0.4, -0.2) is 5.11 Å². The largest absolute Gasteiger partial charge is 0.507 e. The molecule has 1 aromatic carbocycles. The van der Waals surface area contributed by atoms with Crippen LogP contribution in [0.15, 0.2) is 12.1 Å². The maximum Gasteiger partial charge on any atom is 0.122 e. The molecule has 0 atom stereocenters. The van der Waals surface area contributed by atoms with Crippen LogP contribution in [-0.2, 0) is 0 Å². The van der Waals surface area contributed by atoms with Gasteiger partial charge < -0.3 is 5.11 Å². The van der Waals surface area contributed by atoms with Crippen LogP contribution in [0, 0.1) is 25.2 Å². The number of aromatic hydroxyl groups is 1. The molecule has 0 saturated heterocycles. The van der Waals surface area contributed by atoms with Gasteiger partial charge in [0.15, 0.2) is 0 Å². The Balaban J connectivity index is 3.40. The van der Waals surface area contributed by atoms with E-state index >= 15 is 0 Å². The number of aryl methyl sites for hydroxylation is 1. The summed E-state index contributed by atoms with van der Waals surface area (Å²) in [5, 5.41) is 17.9. The summed E-state index contributed by atoms with van der Waals surface area (Å²) in [6.45, 7) is 3.55. The minimum Gasteiger partial charge on any atom is -0.507 e. The lowest BCUT2D eigenvalue weighted by atomic mass is 10.1. The van der Waals surface area contributed by atoms with E-state index in [9.17, 15) is 5.11 Å². The minimum atomic E-state index is 0.226.